The van der Waals surface area contributed by atoms with Crippen LogP contribution in [0.1, 0.15) is 18.4 Å². The van der Waals surface area contributed by atoms with E-state index in [0.717, 1.165) is 6.07 Å². The number of carbonyl (C=O) groups is 2. The van der Waals surface area contributed by atoms with Gasteiger partial charge < -0.3 is 10.1 Å². The van der Waals surface area contributed by atoms with Crippen molar-refractivity contribution in [1.82, 2.24) is 0 Å². The van der Waals surface area contributed by atoms with Crippen molar-refractivity contribution < 1.29 is 27.5 Å². The van der Waals surface area contributed by atoms with Gasteiger partial charge in [0.2, 0.25) is 5.91 Å². The van der Waals surface area contributed by atoms with Crippen LogP contribution < -0.4 is 5.32 Å². The van der Waals surface area contributed by atoms with E-state index in [-0.39, 0.29) is 16.1 Å². The van der Waals surface area contributed by atoms with Gasteiger partial charge in [0.1, 0.15) is 0 Å². The van der Waals surface area contributed by atoms with Crippen LogP contribution >= 0.6 is 15.9 Å². The van der Waals surface area contributed by atoms with Crippen molar-refractivity contribution in [2.24, 2.45) is 17.8 Å². The highest BCUT2D eigenvalue weighted by Crippen LogP contribution is 2.38. The Morgan fingerprint density at radius 3 is 2.80 bits per heavy atom. The molecule has 3 rings (SSSR count). The maximum Gasteiger partial charge on any atom is 0.417 e. The highest BCUT2D eigenvalue weighted by Gasteiger charge is 2.43. The fourth-order valence-corrected chi connectivity index (χ4v) is 3.77. The number of benzene rings is 1. The molecule has 1 amide bonds. The molecule has 1 saturated heterocycles. The monoisotopic (exact) mass is 417 g/mol. The van der Waals surface area contributed by atoms with Gasteiger partial charge >= 0.3 is 12.1 Å². The van der Waals surface area contributed by atoms with Crippen molar-refractivity contribution >= 4 is 33.5 Å². The third kappa shape index (κ3) is 3.73. The molecule has 2 aliphatic rings. The summed E-state index contributed by atoms with van der Waals surface area (Å²) in [5.41, 5.74) is -0.834. The molecule has 0 aromatic heterocycles. The van der Waals surface area contributed by atoms with E-state index in [0.29, 0.717) is 19.4 Å². The summed E-state index contributed by atoms with van der Waals surface area (Å²) in [7, 11) is 0. The molecular weight excluding hydrogens is 403 g/mol. The number of allylic oxidation sites excluding steroid dienone is 2. The molecule has 4 nitrogen and oxygen atoms in total. The molecule has 134 valence electrons. The van der Waals surface area contributed by atoms with Crippen LogP contribution in [-0.4, -0.2) is 18.5 Å². The van der Waals surface area contributed by atoms with Gasteiger partial charge in [-0.25, -0.2) is 0 Å². The third-order valence-corrected chi connectivity index (χ3v) is 5.20. The Labute approximate surface area is 150 Å². The molecule has 1 aliphatic heterocycles. The van der Waals surface area contributed by atoms with Crippen LogP contribution in [0.15, 0.2) is 34.8 Å². The topological polar surface area (TPSA) is 55.4 Å². The number of amides is 1. The first-order valence-electron chi connectivity index (χ1n) is 7.78. The molecule has 1 aromatic rings. The highest BCUT2D eigenvalue weighted by molar-refractivity contribution is 9.10. The summed E-state index contributed by atoms with van der Waals surface area (Å²) >= 11 is 2.86. The first-order valence-corrected chi connectivity index (χ1v) is 8.57. The molecule has 0 bridgehead atoms. The van der Waals surface area contributed by atoms with Crippen molar-refractivity contribution in [2.45, 2.75) is 19.0 Å². The zero-order chi connectivity index (χ0) is 18.2. The van der Waals surface area contributed by atoms with E-state index < -0.39 is 35.5 Å². The van der Waals surface area contributed by atoms with Gasteiger partial charge in [0.05, 0.1) is 24.0 Å². The average Bonchev–Trinajstić information content (AvgIpc) is 2.55. The van der Waals surface area contributed by atoms with Crippen molar-refractivity contribution in [2.75, 3.05) is 11.9 Å². The minimum absolute atomic E-state index is 0.0378. The summed E-state index contributed by atoms with van der Waals surface area (Å²) in [5.74, 6) is -2.21. The summed E-state index contributed by atoms with van der Waals surface area (Å²) in [6.45, 7) is 0.320. The van der Waals surface area contributed by atoms with E-state index in [1.165, 1.54) is 12.1 Å². The average molecular weight is 418 g/mol. The van der Waals surface area contributed by atoms with E-state index in [9.17, 15) is 22.8 Å². The normalized spacial score (nSPS) is 25.9. The van der Waals surface area contributed by atoms with Gasteiger partial charge in [-0.15, -0.1) is 0 Å². The van der Waals surface area contributed by atoms with Gasteiger partial charge in [-0.05, 0) is 37.0 Å². The lowest BCUT2D eigenvalue weighted by Crippen LogP contribution is -2.43. The number of cyclic esters (lactones) is 1. The fraction of sp³-hybridized carbons (Fsp3) is 0.412. The van der Waals surface area contributed by atoms with Crippen molar-refractivity contribution in [3.05, 3.63) is 40.4 Å². The smallest absolute Gasteiger partial charge is 0.417 e. The van der Waals surface area contributed by atoms with Crippen molar-refractivity contribution in [3.63, 3.8) is 0 Å². The molecule has 3 atom stereocenters. The molecule has 0 radical (unpaired) electrons. The number of fused-ring (bicyclic) bond motifs is 1. The first kappa shape index (κ1) is 18.0. The molecule has 1 heterocycles. The number of hydrogen-bond donors (Lipinski definition) is 1. The molecule has 25 heavy (non-hydrogen) atoms. The SMILES string of the molecule is O=C1OCC[C@H]2C=CC[C@@H](C(=O)Nc3ccc(Br)c(C(F)(F)F)c3)[C@@H]12. The second kappa shape index (κ2) is 6.82. The maximum atomic E-state index is 13.0. The number of anilines is 1. The third-order valence-electron chi connectivity index (χ3n) is 4.51. The van der Waals surface area contributed by atoms with Gasteiger partial charge in [0, 0.05) is 10.2 Å². The summed E-state index contributed by atoms with van der Waals surface area (Å²) in [5, 5.41) is 2.50. The Hall–Kier alpha value is -1.83. The van der Waals surface area contributed by atoms with Crippen molar-refractivity contribution in [3.8, 4) is 0 Å². The molecule has 1 fully saturated rings. The van der Waals surface area contributed by atoms with Crippen LogP contribution in [0.25, 0.3) is 0 Å². The van der Waals surface area contributed by atoms with Crippen LogP contribution in [0.5, 0.6) is 0 Å². The van der Waals surface area contributed by atoms with Gasteiger partial charge in [0.15, 0.2) is 0 Å². The van der Waals surface area contributed by atoms with E-state index in [1.54, 1.807) is 0 Å². The number of esters is 1. The summed E-state index contributed by atoms with van der Waals surface area (Å²) < 4.78 is 43.9. The first-order chi connectivity index (χ1) is 11.8. The number of carbonyl (C=O) groups excluding carboxylic acids is 2. The number of rotatable bonds is 2. The van der Waals surface area contributed by atoms with Gasteiger partial charge in [-0.1, -0.05) is 28.1 Å². The van der Waals surface area contributed by atoms with Crippen LogP contribution in [0.2, 0.25) is 0 Å². The van der Waals surface area contributed by atoms with Gasteiger partial charge in [-0.3, -0.25) is 9.59 Å². The summed E-state index contributed by atoms with van der Waals surface area (Å²) in [6, 6.07) is 3.49. The number of hydrogen-bond acceptors (Lipinski definition) is 3. The van der Waals surface area contributed by atoms with Gasteiger partial charge in [0.25, 0.3) is 0 Å². The second-order valence-corrected chi connectivity index (χ2v) is 6.95. The molecule has 0 unspecified atom stereocenters. The van der Waals surface area contributed by atoms with Gasteiger partial charge in [-0.2, -0.15) is 13.2 Å². The maximum absolute atomic E-state index is 13.0. The lowest BCUT2D eigenvalue weighted by molar-refractivity contribution is -0.160. The van der Waals surface area contributed by atoms with E-state index in [1.807, 2.05) is 12.2 Å². The van der Waals surface area contributed by atoms with Crippen LogP contribution in [0, 0.1) is 17.8 Å². The van der Waals surface area contributed by atoms with E-state index >= 15 is 0 Å². The minimum Gasteiger partial charge on any atom is -0.465 e. The zero-order valence-electron chi connectivity index (χ0n) is 13.0. The molecule has 0 spiro atoms. The second-order valence-electron chi connectivity index (χ2n) is 6.10. The Balaban J connectivity index is 1.80. The van der Waals surface area contributed by atoms with Crippen molar-refractivity contribution in [1.29, 1.82) is 0 Å². The van der Waals surface area contributed by atoms with Crippen LogP contribution in [0.4, 0.5) is 18.9 Å². The number of alkyl halides is 3. The van der Waals surface area contributed by atoms with Crippen LogP contribution in [-0.2, 0) is 20.5 Å². The molecule has 1 aliphatic carbocycles. The summed E-state index contributed by atoms with van der Waals surface area (Å²) in [6.07, 6.45) is 0.215. The molecule has 0 saturated carbocycles. The Morgan fingerprint density at radius 1 is 1.32 bits per heavy atom. The molecule has 8 heteroatoms. The fourth-order valence-electron chi connectivity index (χ4n) is 3.30. The van der Waals surface area contributed by atoms with E-state index in [4.69, 9.17) is 4.74 Å². The Morgan fingerprint density at radius 2 is 2.08 bits per heavy atom. The van der Waals surface area contributed by atoms with E-state index in [2.05, 4.69) is 21.2 Å². The number of halogens is 4. The Bertz CT molecular complexity index is 732. The standard InChI is InChI=1S/C17H15BrF3NO3/c18-13-5-4-10(8-12(13)17(19,20)21)22-15(23)11-3-1-2-9-6-7-25-16(24)14(9)11/h1-2,4-5,8-9,11,14H,3,6-7H2,(H,22,23)/t9-,11-,14+/m1/s1. The summed E-state index contributed by atoms with van der Waals surface area (Å²) in [4.78, 5) is 24.6. The molecule has 1 aromatic carbocycles. The molecule has 1 N–H and O–H groups in total. The predicted molar refractivity (Wildman–Crippen MR) is 87.6 cm³/mol. The highest BCUT2D eigenvalue weighted by atomic mass is 79.9. The number of nitrogens with one attached hydrogen (secondary N) is 1. The zero-order valence-corrected chi connectivity index (χ0v) is 14.6. The molecular formula is C17H15BrF3NO3. The predicted octanol–water partition coefficient (Wildman–Crippen LogP) is 4.16. The quantitative estimate of drug-likeness (QED) is 0.580. The largest absolute Gasteiger partial charge is 0.465 e. The Kier molecular flexibility index (Phi) is 4.90. The lowest BCUT2D eigenvalue weighted by atomic mass is 9.73. The minimum atomic E-state index is -4.54. The van der Waals surface area contributed by atoms with Crippen LogP contribution in [0.3, 0.4) is 0 Å². The lowest BCUT2D eigenvalue weighted by Gasteiger charge is -2.35. The number of ether oxygens (including phenoxy) is 1.